The predicted octanol–water partition coefficient (Wildman–Crippen LogP) is 11.5. The first-order valence-electron chi connectivity index (χ1n) is 31.8. The van der Waals surface area contributed by atoms with Gasteiger partial charge < -0.3 is 32.3 Å². The molecule has 8 heterocycles. The Balaban J connectivity index is 0.000000224. The second-order valence-electron chi connectivity index (χ2n) is 24.7. The van der Waals surface area contributed by atoms with Crippen LogP contribution in [0.3, 0.4) is 0 Å². The molecule has 0 unspecified atom stereocenters. The molecule has 10 aromatic rings. The van der Waals surface area contributed by atoms with Gasteiger partial charge in [0.1, 0.15) is 34.8 Å². The number of hydrogen-bond donors (Lipinski definition) is 5. The van der Waals surface area contributed by atoms with Crippen molar-refractivity contribution in [3.05, 3.63) is 211 Å². The minimum absolute atomic E-state index is 0. The number of halogens is 3. The van der Waals surface area contributed by atoms with Gasteiger partial charge in [0.05, 0.1) is 11.4 Å². The third kappa shape index (κ3) is 16.1. The van der Waals surface area contributed by atoms with E-state index in [1.807, 2.05) is 79.7 Å². The number of nitrogen functional groups attached to an aromatic ring is 2. The van der Waals surface area contributed by atoms with E-state index in [2.05, 4.69) is 85.5 Å². The Morgan fingerprint density at radius 2 is 0.928 bits per heavy atom. The molecule has 0 atom stereocenters. The number of para-hydroxylation sites is 2. The molecule has 0 saturated carbocycles. The number of nitrogens with two attached hydrogens (primary N) is 2. The minimum Gasteiger partial charge on any atom is -0.382 e. The number of aromatic nitrogens is 10. The van der Waals surface area contributed by atoms with Crippen molar-refractivity contribution in [3.63, 3.8) is 0 Å². The smallest absolute Gasteiger partial charge is 0.335 e. The second-order valence-corrected chi connectivity index (χ2v) is 25.1. The van der Waals surface area contributed by atoms with Crippen molar-refractivity contribution in [1.82, 2.24) is 57.7 Å². The van der Waals surface area contributed by atoms with E-state index in [1.54, 1.807) is 98.8 Å². The van der Waals surface area contributed by atoms with Crippen molar-refractivity contribution >= 4 is 106 Å². The Morgan fingerprint density at radius 1 is 0.557 bits per heavy atom. The summed E-state index contributed by atoms with van der Waals surface area (Å²) in [6.45, 7) is 17.9. The summed E-state index contributed by atoms with van der Waals surface area (Å²) in [6.07, 6.45) is 9.22. The fourth-order valence-corrected chi connectivity index (χ4v) is 11.8. The largest absolute Gasteiger partial charge is 0.382 e. The number of anilines is 4. The Kier molecular flexibility index (Phi) is 24.0. The fraction of sp³-hybridized carbons (Fsp3) is 0.314. The van der Waals surface area contributed by atoms with Gasteiger partial charge in [0.2, 0.25) is 11.1 Å². The van der Waals surface area contributed by atoms with Gasteiger partial charge in [-0.3, -0.25) is 37.9 Å². The van der Waals surface area contributed by atoms with Gasteiger partial charge in [0.25, 0.3) is 22.9 Å². The number of nitrogens with one attached hydrogen (secondary N) is 3. The molecular weight excluding hydrogens is 1480 g/mol. The van der Waals surface area contributed by atoms with Crippen LogP contribution < -0.4 is 49.9 Å². The van der Waals surface area contributed by atoms with Crippen molar-refractivity contribution in [2.24, 2.45) is 11.8 Å². The van der Waals surface area contributed by atoms with Crippen LogP contribution in [0.4, 0.5) is 23.0 Å². The number of likely N-dealkylation sites (tertiary alicyclic amines) is 1. The summed E-state index contributed by atoms with van der Waals surface area (Å²) in [5, 5.41) is 17.8. The molecule has 24 nitrogen and oxygen atoms in total. The topological polar surface area (TPSA) is 308 Å². The second kappa shape index (κ2) is 32.3. The zero-order valence-electron chi connectivity index (χ0n) is 55.0. The Morgan fingerprint density at radius 3 is 1.28 bits per heavy atom. The average molecular weight is 1560 g/mol. The van der Waals surface area contributed by atoms with Gasteiger partial charge in [-0.2, -0.15) is 10.2 Å². The maximum absolute atomic E-state index is 13.5. The molecule has 2 fully saturated rings. The van der Waals surface area contributed by atoms with E-state index in [1.165, 1.54) is 34.2 Å². The van der Waals surface area contributed by atoms with Gasteiger partial charge in [-0.25, -0.2) is 37.7 Å². The van der Waals surface area contributed by atoms with Gasteiger partial charge in [-0.15, -0.1) is 0 Å². The highest BCUT2D eigenvalue weighted by atomic mass is 128. The van der Waals surface area contributed by atoms with Crippen LogP contribution in [-0.2, 0) is 9.59 Å². The number of amides is 3. The lowest BCUT2D eigenvalue weighted by molar-refractivity contribution is -0.135. The fourth-order valence-electron chi connectivity index (χ4n) is 11.8. The van der Waals surface area contributed by atoms with Crippen molar-refractivity contribution in [3.8, 4) is 33.6 Å². The maximum atomic E-state index is 13.5. The Bertz CT molecular complexity index is 4730. The van der Waals surface area contributed by atoms with Gasteiger partial charge >= 0.3 is 11.4 Å². The van der Waals surface area contributed by atoms with Crippen LogP contribution in [0.2, 0.25) is 0 Å². The minimum atomic E-state index is -0.699. The van der Waals surface area contributed by atoms with Gasteiger partial charge in [0.15, 0.2) is 11.6 Å². The number of hydrogen-bond acceptors (Lipinski definition) is 15. The molecule has 0 bridgehead atoms. The molecular formula is C70H79ClI2N16O8. The number of carbonyl (C=O) groups excluding carboxylic acids is 4. The summed E-state index contributed by atoms with van der Waals surface area (Å²) in [5.74, 6) is 0.177. The molecule has 2 saturated heterocycles. The van der Waals surface area contributed by atoms with Crippen LogP contribution >= 0.6 is 48.8 Å². The summed E-state index contributed by atoms with van der Waals surface area (Å²) in [7, 11) is 0. The zero-order valence-corrected chi connectivity index (χ0v) is 60.0. The molecule has 7 N–H and O–H groups in total. The number of fused-ring (bicyclic) bond motifs is 2. The van der Waals surface area contributed by atoms with Crippen LogP contribution in [-0.4, -0.2) is 102 Å². The van der Waals surface area contributed by atoms with E-state index in [4.69, 9.17) is 23.1 Å². The van der Waals surface area contributed by atoms with Crippen molar-refractivity contribution in [2.75, 3.05) is 48.3 Å². The lowest BCUT2D eigenvalue weighted by Crippen LogP contribution is -2.42. The SMILES string of the molecule is CC(C)C(=O)Cl.CC(C)C(=O)N1CCC(c2cc(-c3ccc(NC(=O)c4cn(C(C)C)c(=O)n(-c5ccccc5)c4=O)cc3)c3c(N)ncnn23)CC1.CC(C)n1cc(C(=O)Nc2ccc(-c3cc(C4CCNCC4)n4ncnc(N)c34)cc2)c(=O)n(-c2ccccc2)c1=O.II.[HH]. The normalized spacial score (nSPS) is 13.4. The first kappa shape index (κ1) is 72.1. The molecule has 0 aliphatic carbocycles. The molecule has 97 heavy (non-hydrogen) atoms. The molecule has 0 spiro atoms. The number of nitrogens with zero attached hydrogens (tertiary/aromatic N) is 11. The lowest BCUT2D eigenvalue weighted by Gasteiger charge is -2.33. The molecule has 12 rings (SSSR count). The Labute approximate surface area is 589 Å². The van der Waals surface area contributed by atoms with E-state index in [-0.39, 0.29) is 53.5 Å². The summed E-state index contributed by atoms with van der Waals surface area (Å²) in [5.41, 5.74) is 18.8. The van der Waals surface area contributed by atoms with Crippen LogP contribution in [0.15, 0.2) is 166 Å². The standard InChI is InChI=1S/C35H38N8O4.C31H32N8O3.C4H7ClO.I2.H2/c1-21(2)33(45)40-16-14-24(15-17-40)29-18-27(30-31(36)37-20-38-43(29)30)23-10-12-25(13-11-23)39-32(44)28-19-41(22(3)4)35(47)42(34(28)46)26-8-6-5-7-9-26;1-19(2)37-17-25(30(41)38(31(37)42)23-6-4-3-5-7-23)29(40)36-22-10-8-20(9-11-22)24-16-26(21-12-14-33-15-13-21)39-27(24)28(32)34-18-35-39;1-3(2)4(5)6;1-2;/h5-13,18-22,24H,14-17H2,1-4H3,(H,39,44)(H2,36,37,38);3-11,16-19,21,33H,12-15H2,1-2H3,(H,36,40)(H2,32,34,35);3H,1-2H3;;1H. The molecule has 2 aliphatic heterocycles. The number of rotatable bonds is 14. The van der Waals surface area contributed by atoms with Crippen molar-refractivity contribution in [2.45, 2.75) is 105 Å². The van der Waals surface area contributed by atoms with E-state index in [0.29, 0.717) is 58.9 Å². The van der Waals surface area contributed by atoms with E-state index in [0.717, 1.165) is 87.1 Å². The summed E-state index contributed by atoms with van der Waals surface area (Å²) in [4.78, 5) is 113. The third-order valence-electron chi connectivity index (χ3n) is 16.9. The lowest BCUT2D eigenvalue weighted by atomic mass is 9.92. The average Bonchev–Trinajstić information content (AvgIpc) is 1.54. The zero-order chi connectivity index (χ0) is 69.9. The number of piperidine rings is 2. The van der Waals surface area contributed by atoms with Gasteiger partial charge in [-0.1, -0.05) is 88.4 Å². The first-order valence-corrected chi connectivity index (χ1v) is 38.5. The Hall–Kier alpha value is -9.13. The van der Waals surface area contributed by atoms with Crippen LogP contribution in [0.1, 0.15) is 139 Å². The molecule has 6 aromatic heterocycles. The quantitative estimate of drug-likeness (QED) is 0.0499. The summed E-state index contributed by atoms with van der Waals surface area (Å²) < 4.78 is 8.55. The van der Waals surface area contributed by atoms with E-state index >= 15 is 0 Å². The van der Waals surface area contributed by atoms with Crippen LogP contribution in [0, 0.1) is 11.8 Å². The molecule has 3 amide bonds. The predicted molar refractivity (Wildman–Crippen MR) is 399 cm³/mol. The molecule has 2 aliphatic rings. The van der Waals surface area contributed by atoms with Crippen LogP contribution in [0.25, 0.3) is 44.7 Å². The number of carbonyl (C=O) groups is 4. The van der Waals surface area contributed by atoms with Gasteiger partial charge in [-0.05, 0) is 150 Å². The maximum Gasteiger partial charge on any atom is 0.335 e. The monoisotopic (exact) mass is 1560 g/mol. The van der Waals surface area contributed by atoms with Crippen molar-refractivity contribution < 1.29 is 20.6 Å². The van der Waals surface area contributed by atoms with Crippen LogP contribution in [0.5, 0.6) is 0 Å². The molecule has 27 heteroatoms. The number of benzene rings is 4. The highest BCUT2D eigenvalue weighted by molar-refractivity contribution is 15.0. The molecule has 4 aromatic carbocycles. The molecule has 0 radical (unpaired) electrons. The highest BCUT2D eigenvalue weighted by Gasteiger charge is 2.30. The third-order valence-corrected chi connectivity index (χ3v) is 17.4. The first-order chi connectivity index (χ1) is 46.5. The summed E-state index contributed by atoms with van der Waals surface area (Å²) >= 11 is 9.21. The molecule has 508 valence electrons. The van der Waals surface area contributed by atoms with Gasteiger partial charge in [0, 0.05) is 134 Å². The van der Waals surface area contributed by atoms with E-state index in [9.17, 15) is 38.4 Å². The summed E-state index contributed by atoms with van der Waals surface area (Å²) in [6, 6.07) is 35.4. The van der Waals surface area contributed by atoms with E-state index < -0.39 is 34.3 Å². The highest BCUT2D eigenvalue weighted by Crippen LogP contribution is 2.39. The van der Waals surface area contributed by atoms with Crippen molar-refractivity contribution in [1.29, 1.82) is 0 Å².